The van der Waals surface area contributed by atoms with Gasteiger partial charge in [-0.1, -0.05) is 12.1 Å². The van der Waals surface area contributed by atoms with Gasteiger partial charge in [0.2, 0.25) is 0 Å². The fourth-order valence-electron chi connectivity index (χ4n) is 3.92. The lowest BCUT2D eigenvalue weighted by atomic mass is 9.69. The first-order valence-corrected chi connectivity index (χ1v) is 9.46. The minimum Gasteiger partial charge on any atom is -0.377 e. The first kappa shape index (κ1) is 21.5. The van der Waals surface area contributed by atoms with E-state index in [1.165, 1.54) is 43.5 Å². The quantitative estimate of drug-likeness (QED) is 0.528. The molecule has 29 heavy (non-hydrogen) atoms. The van der Waals surface area contributed by atoms with Crippen LogP contribution in [-0.4, -0.2) is 26.0 Å². The molecule has 156 valence electrons. The number of rotatable bonds is 6. The standard InChI is InChI=1S/C22H23F4NO2/c1-29-19(15-2-6-17(7-3-15)22(24,25)26)14-21(10-12-27-13-11-21)20(28)16-4-8-18(23)9-5-16/h2-9,19,27H,10-14H2,1H3. The van der Waals surface area contributed by atoms with Gasteiger partial charge >= 0.3 is 6.18 Å². The molecule has 3 rings (SSSR count). The second kappa shape index (κ2) is 8.63. The molecule has 0 saturated carbocycles. The Morgan fingerprint density at radius 2 is 1.66 bits per heavy atom. The first-order valence-electron chi connectivity index (χ1n) is 9.46. The molecule has 3 nitrogen and oxygen atoms in total. The number of benzene rings is 2. The van der Waals surface area contributed by atoms with Gasteiger partial charge in [-0.3, -0.25) is 4.79 Å². The van der Waals surface area contributed by atoms with E-state index in [2.05, 4.69) is 5.32 Å². The highest BCUT2D eigenvalue weighted by Gasteiger charge is 2.42. The molecule has 0 radical (unpaired) electrons. The molecule has 0 spiro atoms. The molecular formula is C22H23F4NO2. The Kier molecular flexibility index (Phi) is 6.39. The number of hydrogen-bond acceptors (Lipinski definition) is 3. The van der Waals surface area contributed by atoms with E-state index in [4.69, 9.17) is 4.74 Å². The highest BCUT2D eigenvalue weighted by atomic mass is 19.4. The predicted molar refractivity (Wildman–Crippen MR) is 101 cm³/mol. The van der Waals surface area contributed by atoms with Crippen LogP contribution in [0.3, 0.4) is 0 Å². The number of alkyl halides is 3. The summed E-state index contributed by atoms with van der Waals surface area (Å²) >= 11 is 0. The lowest BCUT2D eigenvalue weighted by molar-refractivity contribution is -0.137. The van der Waals surface area contributed by atoms with E-state index in [0.717, 1.165) is 12.1 Å². The van der Waals surface area contributed by atoms with E-state index in [-0.39, 0.29) is 5.78 Å². The van der Waals surface area contributed by atoms with Crippen LogP contribution in [0.5, 0.6) is 0 Å². The molecule has 1 fully saturated rings. The van der Waals surface area contributed by atoms with Gasteiger partial charge < -0.3 is 10.1 Å². The molecule has 1 unspecified atom stereocenters. The summed E-state index contributed by atoms with van der Waals surface area (Å²) in [4.78, 5) is 13.3. The average molecular weight is 409 g/mol. The Morgan fingerprint density at radius 3 is 2.17 bits per heavy atom. The van der Waals surface area contributed by atoms with Gasteiger partial charge in [0.15, 0.2) is 5.78 Å². The van der Waals surface area contributed by atoms with Gasteiger partial charge in [-0.25, -0.2) is 4.39 Å². The van der Waals surface area contributed by atoms with Crippen LogP contribution in [0.4, 0.5) is 17.6 Å². The molecule has 1 aliphatic heterocycles. The van der Waals surface area contributed by atoms with Crippen LogP contribution in [-0.2, 0) is 10.9 Å². The Labute approximate surface area is 167 Å². The van der Waals surface area contributed by atoms with E-state index >= 15 is 0 Å². The van der Waals surface area contributed by atoms with Crippen LogP contribution in [0.25, 0.3) is 0 Å². The minimum absolute atomic E-state index is 0.0899. The van der Waals surface area contributed by atoms with Crippen LogP contribution in [0, 0.1) is 11.2 Å². The van der Waals surface area contributed by atoms with Crippen molar-refractivity contribution in [2.75, 3.05) is 20.2 Å². The Morgan fingerprint density at radius 1 is 1.07 bits per heavy atom. The molecule has 0 aliphatic carbocycles. The normalized spacial score (nSPS) is 17.7. The van der Waals surface area contributed by atoms with Gasteiger partial charge in [0.05, 0.1) is 11.7 Å². The van der Waals surface area contributed by atoms with E-state index in [1.807, 2.05) is 0 Å². The average Bonchev–Trinajstić information content (AvgIpc) is 2.72. The molecule has 0 amide bonds. The molecule has 7 heteroatoms. The highest BCUT2D eigenvalue weighted by molar-refractivity contribution is 6.00. The number of Topliss-reactive ketones (excluding diaryl/α,β-unsaturated/α-hetero) is 1. The molecule has 0 aromatic heterocycles. The summed E-state index contributed by atoms with van der Waals surface area (Å²) in [5, 5.41) is 3.23. The molecule has 1 aliphatic rings. The largest absolute Gasteiger partial charge is 0.416 e. The SMILES string of the molecule is COC(CC1(C(=O)c2ccc(F)cc2)CCNCC1)c1ccc(C(F)(F)F)cc1. The van der Waals surface area contributed by atoms with Gasteiger partial charge in [-0.2, -0.15) is 13.2 Å². The van der Waals surface area contributed by atoms with E-state index in [1.54, 1.807) is 0 Å². The van der Waals surface area contributed by atoms with Crippen LogP contribution >= 0.6 is 0 Å². The Hall–Kier alpha value is -2.25. The molecule has 1 heterocycles. The minimum atomic E-state index is -4.41. The van der Waals surface area contributed by atoms with Crippen molar-refractivity contribution >= 4 is 5.78 Å². The number of piperidine rings is 1. The van der Waals surface area contributed by atoms with Gasteiger partial charge in [-0.05, 0) is 74.3 Å². The number of carbonyl (C=O) groups excluding carboxylic acids is 1. The van der Waals surface area contributed by atoms with Gasteiger partial charge in [0, 0.05) is 18.1 Å². The van der Waals surface area contributed by atoms with Crippen LogP contribution < -0.4 is 5.32 Å². The third-order valence-corrected chi connectivity index (χ3v) is 5.62. The zero-order chi connectivity index (χ0) is 21.1. The topological polar surface area (TPSA) is 38.3 Å². The predicted octanol–water partition coefficient (Wildman–Crippen LogP) is 5.17. The summed E-state index contributed by atoms with van der Waals surface area (Å²) in [6.07, 6.45) is -3.45. The molecule has 0 bridgehead atoms. The maximum atomic E-state index is 13.3. The van der Waals surface area contributed by atoms with Crippen molar-refractivity contribution in [1.82, 2.24) is 5.32 Å². The zero-order valence-electron chi connectivity index (χ0n) is 16.1. The fraction of sp³-hybridized carbons (Fsp3) is 0.409. The molecule has 2 aromatic carbocycles. The summed E-state index contributed by atoms with van der Waals surface area (Å²) in [5.41, 5.74) is -0.442. The van der Waals surface area contributed by atoms with Crippen molar-refractivity contribution in [3.63, 3.8) is 0 Å². The van der Waals surface area contributed by atoms with Gasteiger partial charge in [0.25, 0.3) is 0 Å². The maximum absolute atomic E-state index is 13.3. The monoisotopic (exact) mass is 409 g/mol. The van der Waals surface area contributed by atoms with Crippen LogP contribution in [0.1, 0.15) is 46.9 Å². The highest BCUT2D eigenvalue weighted by Crippen LogP contribution is 2.42. The van der Waals surface area contributed by atoms with Gasteiger partial charge in [-0.15, -0.1) is 0 Å². The van der Waals surface area contributed by atoms with E-state index in [0.29, 0.717) is 43.5 Å². The van der Waals surface area contributed by atoms with Crippen molar-refractivity contribution in [3.8, 4) is 0 Å². The smallest absolute Gasteiger partial charge is 0.377 e. The molecule has 1 atom stereocenters. The third kappa shape index (κ3) is 4.85. The second-order valence-corrected chi connectivity index (χ2v) is 7.41. The van der Waals surface area contributed by atoms with Crippen LogP contribution in [0.2, 0.25) is 0 Å². The zero-order valence-corrected chi connectivity index (χ0v) is 16.1. The van der Waals surface area contributed by atoms with Crippen molar-refractivity contribution in [2.45, 2.75) is 31.5 Å². The summed E-state index contributed by atoms with van der Waals surface area (Å²) < 4.78 is 57.4. The maximum Gasteiger partial charge on any atom is 0.416 e. The summed E-state index contributed by atoms with van der Waals surface area (Å²) in [5.74, 6) is -0.506. The number of ether oxygens (including phenoxy) is 1. The van der Waals surface area contributed by atoms with Crippen molar-refractivity contribution in [1.29, 1.82) is 0 Å². The molecular weight excluding hydrogens is 386 g/mol. The number of ketones is 1. The molecule has 1 N–H and O–H groups in total. The summed E-state index contributed by atoms with van der Waals surface area (Å²) in [7, 11) is 1.49. The second-order valence-electron chi connectivity index (χ2n) is 7.41. The Balaban J connectivity index is 1.88. The van der Waals surface area contributed by atoms with Crippen molar-refractivity contribution < 1.29 is 27.1 Å². The van der Waals surface area contributed by atoms with Crippen molar-refractivity contribution in [3.05, 3.63) is 71.0 Å². The molecule has 2 aromatic rings. The van der Waals surface area contributed by atoms with Gasteiger partial charge in [0.1, 0.15) is 5.82 Å². The lowest BCUT2D eigenvalue weighted by Gasteiger charge is -2.38. The number of halogens is 4. The fourth-order valence-corrected chi connectivity index (χ4v) is 3.92. The van der Waals surface area contributed by atoms with Crippen LogP contribution in [0.15, 0.2) is 48.5 Å². The number of hydrogen-bond donors (Lipinski definition) is 1. The number of carbonyl (C=O) groups is 1. The van der Waals surface area contributed by atoms with E-state index < -0.39 is 29.1 Å². The number of methoxy groups -OCH3 is 1. The molecule has 1 saturated heterocycles. The summed E-state index contributed by atoms with van der Waals surface area (Å²) in [6.45, 7) is 1.30. The van der Waals surface area contributed by atoms with E-state index in [9.17, 15) is 22.4 Å². The Bertz CT molecular complexity index is 825. The third-order valence-electron chi connectivity index (χ3n) is 5.62. The number of nitrogens with one attached hydrogen (secondary N) is 1. The summed E-state index contributed by atoms with van der Waals surface area (Å²) in [6, 6.07) is 10.3. The lowest BCUT2D eigenvalue weighted by Crippen LogP contribution is -2.43. The first-order chi connectivity index (χ1) is 13.7. The van der Waals surface area contributed by atoms with Crippen molar-refractivity contribution in [2.24, 2.45) is 5.41 Å².